The van der Waals surface area contributed by atoms with E-state index in [0.717, 1.165) is 31.2 Å². The van der Waals surface area contributed by atoms with Crippen LogP contribution in [0.3, 0.4) is 0 Å². The Kier molecular flexibility index (Phi) is 6.25. The molecule has 3 amide bonds. The zero-order valence-corrected chi connectivity index (χ0v) is 15.8. The first-order valence-electron chi connectivity index (χ1n) is 9.31. The number of piperidine rings is 1. The molecule has 0 radical (unpaired) electrons. The average Bonchev–Trinajstić information content (AvgIpc) is 3.46. The summed E-state index contributed by atoms with van der Waals surface area (Å²) in [6.07, 6.45) is 3.46. The third-order valence-corrected chi connectivity index (χ3v) is 5.22. The minimum absolute atomic E-state index is 0.0203. The lowest BCUT2D eigenvalue weighted by molar-refractivity contribution is 0.0957. The molecule has 26 heavy (non-hydrogen) atoms. The summed E-state index contributed by atoms with van der Waals surface area (Å²) in [6, 6.07) is 7.62. The van der Waals surface area contributed by atoms with Crippen molar-refractivity contribution >= 4 is 23.7 Å². The Morgan fingerprint density at radius 1 is 1.19 bits per heavy atom. The molecule has 1 aromatic carbocycles. The highest BCUT2D eigenvalue weighted by Crippen LogP contribution is 2.41. The third kappa shape index (κ3) is 5.04. The van der Waals surface area contributed by atoms with Gasteiger partial charge in [0.15, 0.2) is 0 Å². The zero-order chi connectivity index (χ0) is 18.5. The van der Waals surface area contributed by atoms with Crippen LogP contribution in [0.25, 0.3) is 0 Å². The molecule has 1 aromatic rings. The standard InChI is InChI=1S/C19H26ClN3O3/c1-2-26-19(25)23-11-9-16(10-12-23)21-18(24)22-17(13-3-4-13)14-5-7-15(20)8-6-14/h5-8,13,16-17H,2-4,9-12H2,1H3,(H2,21,22,24). The molecule has 1 saturated carbocycles. The van der Waals surface area contributed by atoms with Crippen molar-refractivity contribution in [2.75, 3.05) is 19.7 Å². The smallest absolute Gasteiger partial charge is 0.409 e. The number of nitrogens with zero attached hydrogens (tertiary/aromatic N) is 1. The van der Waals surface area contributed by atoms with Crippen LogP contribution >= 0.6 is 11.6 Å². The number of ether oxygens (including phenoxy) is 1. The van der Waals surface area contributed by atoms with Gasteiger partial charge in [0.2, 0.25) is 0 Å². The van der Waals surface area contributed by atoms with Gasteiger partial charge in [0.25, 0.3) is 0 Å². The first-order chi connectivity index (χ1) is 12.6. The van der Waals surface area contributed by atoms with E-state index in [9.17, 15) is 9.59 Å². The van der Waals surface area contributed by atoms with Crippen molar-refractivity contribution in [3.63, 3.8) is 0 Å². The summed E-state index contributed by atoms with van der Waals surface area (Å²) in [5.41, 5.74) is 1.09. The predicted molar refractivity (Wildman–Crippen MR) is 100 cm³/mol. The van der Waals surface area contributed by atoms with E-state index in [1.807, 2.05) is 24.3 Å². The molecule has 1 heterocycles. The second-order valence-electron chi connectivity index (χ2n) is 6.94. The molecule has 6 nitrogen and oxygen atoms in total. The van der Waals surface area contributed by atoms with Gasteiger partial charge >= 0.3 is 12.1 Å². The molecule has 2 N–H and O–H groups in total. The Hall–Kier alpha value is -1.95. The van der Waals surface area contributed by atoms with Crippen molar-refractivity contribution in [1.29, 1.82) is 0 Å². The van der Waals surface area contributed by atoms with Crippen LogP contribution < -0.4 is 10.6 Å². The average molecular weight is 380 g/mol. The van der Waals surface area contributed by atoms with Crippen LogP contribution in [0.5, 0.6) is 0 Å². The highest BCUT2D eigenvalue weighted by molar-refractivity contribution is 6.30. The normalized spacial score (nSPS) is 18.9. The van der Waals surface area contributed by atoms with Crippen molar-refractivity contribution in [3.05, 3.63) is 34.9 Å². The van der Waals surface area contributed by atoms with Crippen LogP contribution in [0.4, 0.5) is 9.59 Å². The first kappa shape index (κ1) is 18.8. The Morgan fingerprint density at radius 2 is 1.85 bits per heavy atom. The summed E-state index contributed by atoms with van der Waals surface area (Å²) in [5.74, 6) is 0.493. The maximum Gasteiger partial charge on any atom is 0.409 e. The molecular formula is C19H26ClN3O3. The van der Waals surface area contributed by atoms with Gasteiger partial charge in [0.1, 0.15) is 0 Å². The van der Waals surface area contributed by atoms with E-state index in [2.05, 4.69) is 10.6 Å². The monoisotopic (exact) mass is 379 g/mol. The Morgan fingerprint density at radius 3 is 2.42 bits per heavy atom. The zero-order valence-electron chi connectivity index (χ0n) is 15.0. The van der Waals surface area contributed by atoms with E-state index >= 15 is 0 Å². The van der Waals surface area contributed by atoms with E-state index in [4.69, 9.17) is 16.3 Å². The molecule has 0 bridgehead atoms. The highest BCUT2D eigenvalue weighted by atomic mass is 35.5. The summed E-state index contributed by atoms with van der Waals surface area (Å²) in [5, 5.41) is 6.86. The number of likely N-dealkylation sites (tertiary alicyclic amines) is 1. The summed E-state index contributed by atoms with van der Waals surface area (Å²) < 4.78 is 5.02. The van der Waals surface area contributed by atoms with Gasteiger partial charge in [-0.2, -0.15) is 0 Å². The predicted octanol–water partition coefficient (Wildman–Crippen LogP) is 3.71. The van der Waals surface area contributed by atoms with Gasteiger partial charge in [0, 0.05) is 24.2 Å². The van der Waals surface area contributed by atoms with E-state index in [1.165, 1.54) is 0 Å². The first-order valence-corrected chi connectivity index (χ1v) is 9.68. The quantitative estimate of drug-likeness (QED) is 0.819. The van der Waals surface area contributed by atoms with Crippen molar-refractivity contribution < 1.29 is 14.3 Å². The Bertz CT molecular complexity index is 625. The number of urea groups is 1. The van der Waals surface area contributed by atoms with Gasteiger partial charge in [-0.15, -0.1) is 0 Å². The molecule has 3 rings (SSSR count). The van der Waals surface area contributed by atoms with E-state index in [1.54, 1.807) is 11.8 Å². The van der Waals surface area contributed by atoms with Gasteiger partial charge in [-0.1, -0.05) is 23.7 Å². The molecule has 2 fully saturated rings. The van der Waals surface area contributed by atoms with Gasteiger partial charge in [-0.25, -0.2) is 9.59 Å². The van der Waals surface area contributed by atoms with Crippen molar-refractivity contribution in [2.45, 2.75) is 44.7 Å². The number of nitrogens with one attached hydrogen (secondary N) is 2. The highest BCUT2D eigenvalue weighted by Gasteiger charge is 2.34. The molecule has 1 atom stereocenters. The lowest BCUT2D eigenvalue weighted by Crippen LogP contribution is -2.49. The molecule has 2 aliphatic rings. The topological polar surface area (TPSA) is 70.7 Å². The fraction of sp³-hybridized carbons (Fsp3) is 0.579. The minimum Gasteiger partial charge on any atom is -0.450 e. The van der Waals surface area contributed by atoms with Gasteiger partial charge < -0.3 is 20.3 Å². The van der Waals surface area contributed by atoms with Crippen LogP contribution in [0.2, 0.25) is 5.02 Å². The van der Waals surface area contributed by atoms with Crippen LogP contribution in [-0.4, -0.2) is 42.8 Å². The van der Waals surface area contributed by atoms with E-state index < -0.39 is 0 Å². The van der Waals surface area contributed by atoms with Crippen LogP contribution in [0.15, 0.2) is 24.3 Å². The number of halogens is 1. The second kappa shape index (κ2) is 8.62. The van der Waals surface area contributed by atoms with Gasteiger partial charge in [-0.3, -0.25) is 0 Å². The van der Waals surface area contributed by atoms with Crippen molar-refractivity contribution in [2.24, 2.45) is 5.92 Å². The number of amides is 3. The summed E-state index contributed by atoms with van der Waals surface area (Å²) in [4.78, 5) is 25.9. The number of hydrogen-bond donors (Lipinski definition) is 2. The molecule has 1 unspecified atom stereocenters. The summed E-state index contributed by atoms with van der Waals surface area (Å²) in [6.45, 7) is 3.39. The lowest BCUT2D eigenvalue weighted by atomic mass is 10.0. The van der Waals surface area contributed by atoms with Crippen LogP contribution in [0, 0.1) is 5.92 Å². The molecule has 142 valence electrons. The molecule has 1 saturated heterocycles. The second-order valence-corrected chi connectivity index (χ2v) is 7.38. The maximum atomic E-state index is 12.5. The van der Waals surface area contributed by atoms with Gasteiger partial charge in [-0.05, 0) is 56.2 Å². The van der Waals surface area contributed by atoms with Gasteiger partial charge in [0.05, 0.1) is 12.6 Å². The fourth-order valence-corrected chi connectivity index (χ4v) is 3.49. The number of benzene rings is 1. The molecule has 7 heteroatoms. The summed E-state index contributed by atoms with van der Waals surface area (Å²) in [7, 11) is 0. The van der Waals surface area contributed by atoms with Crippen molar-refractivity contribution in [1.82, 2.24) is 15.5 Å². The number of hydrogen-bond acceptors (Lipinski definition) is 3. The molecule has 0 spiro atoms. The SMILES string of the molecule is CCOC(=O)N1CCC(NC(=O)NC(c2ccc(Cl)cc2)C2CC2)CC1. The molecule has 1 aliphatic heterocycles. The fourth-order valence-electron chi connectivity index (χ4n) is 3.36. The largest absolute Gasteiger partial charge is 0.450 e. The minimum atomic E-state index is -0.271. The van der Waals surface area contributed by atoms with E-state index in [0.29, 0.717) is 30.6 Å². The lowest BCUT2D eigenvalue weighted by Gasteiger charge is -2.32. The third-order valence-electron chi connectivity index (χ3n) is 4.97. The summed E-state index contributed by atoms with van der Waals surface area (Å²) >= 11 is 5.96. The Labute approximate surface area is 159 Å². The molecule has 0 aromatic heterocycles. The Balaban J connectivity index is 1.49. The number of rotatable bonds is 5. The van der Waals surface area contributed by atoms with Crippen molar-refractivity contribution in [3.8, 4) is 0 Å². The number of carbonyl (C=O) groups is 2. The van der Waals surface area contributed by atoms with Crippen LogP contribution in [0.1, 0.15) is 44.2 Å². The maximum absolute atomic E-state index is 12.5. The molecular weight excluding hydrogens is 354 g/mol. The number of carbonyl (C=O) groups excluding carboxylic acids is 2. The van der Waals surface area contributed by atoms with E-state index in [-0.39, 0.29) is 24.2 Å². The van der Waals surface area contributed by atoms with Crippen LogP contribution in [-0.2, 0) is 4.74 Å². The molecule has 1 aliphatic carbocycles.